The van der Waals surface area contributed by atoms with Gasteiger partial charge in [0.2, 0.25) is 0 Å². The van der Waals surface area contributed by atoms with Crippen LogP contribution in [-0.4, -0.2) is 29.1 Å². The first kappa shape index (κ1) is 15.1. The fraction of sp³-hybridized carbons (Fsp3) is 0.895. The van der Waals surface area contributed by atoms with Gasteiger partial charge < -0.3 is 10.2 Å². The SMILES string of the molecule is C[C@]12CCC3C(CC=C4C[C@@H](O)CC[C@@]43CF)C1CC[C@@H]2O. The molecular weight excluding hydrogens is 279 g/mol. The highest BCUT2D eigenvalue weighted by Crippen LogP contribution is 2.64. The summed E-state index contributed by atoms with van der Waals surface area (Å²) in [6, 6.07) is 0. The van der Waals surface area contributed by atoms with Crippen LogP contribution in [0.5, 0.6) is 0 Å². The summed E-state index contributed by atoms with van der Waals surface area (Å²) in [6.45, 7) is 2.00. The van der Waals surface area contributed by atoms with Crippen molar-refractivity contribution in [1.29, 1.82) is 0 Å². The lowest BCUT2D eigenvalue weighted by molar-refractivity contribution is -0.0812. The Morgan fingerprint density at radius 2 is 1.95 bits per heavy atom. The third kappa shape index (κ3) is 1.84. The third-order valence-corrected chi connectivity index (χ3v) is 7.99. The van der Waals surface area contributed by atoms with Crippen LogP contribution >= 0.6 is 0 Å². The molecule has 4 rings (SSSR count). The molecule has 3 fully saturated rings. The van der Waals surface area contributed by atoms with Gasteiger partial charge in [-0.15, -0.1) is 0 Å². The second-order valence-corrected chi connectivity index (χ2v) is 8.67. The molecule has 124 valence electrons. The molecule has 0 heterocycles. The van der Waals surface area contributed by atoms with Crippen molar-refractivity contribution in [3.63, 3.8) is 0 Å². The predicted octanol–water partition coefficient (Wildman–Crippen LogP) is 3.62. The maximum absolute atomic E-state index is 14.2. The van der Waals surface area contributed by atoms with Crippen LogP contribution in [0.15, 0.2) is 11.6 Å². The van der Waals surface area contributed by atoms with E-state index in [-0.39, 0.29) is 29.7 Å². The van der Waals surface area contributed by atoms with Gasteiger partial charge in [0, 0.05) is 5.41 Å². The number of halogens is 1. The molecule has 0 aliphatic heterocycles. The van der Waals surface area contributed by atoms with E-state index in [4.69, 9.17) is 0 Å². The first-order valence-corrected chi connectivity index (χ1v) is 9.13. The molecule has 0 aromatic rings. The third-order valence-electron chi connectivity index (χ3n) is 7.99. The molecule has 4 aliphatic rings. The first-order valence-electron chi connectivity index (χ1n) is 9.13. The Morgan fingerprint density at radius 3 is 2.73 bits per heavy atom. The quantitative estimate of drug-likeness (QED) is 0.726. The molecule has 0 aromatic carbocycles. The van der Waals surface area contributed by atoms with Gasteiger partial charge in [-0.1, -0.05) is 18.6 Å². The Bertz CT molecular complexity index is 490. The number of hydrogen-bond donors (Lipinski definition) is 2. The fourth-order valence-corrected chi connectivity index (χ4v) is 6.66. The molecule has 2 N–H and O–H groups in total. The Labute approximate surface area is 132 Å². The molecule has 0 saturated heterocycles. The lowest BCUT2D eigenvalue weighted by Crippen LogP contribution is -2.53. The van der Waals surface area contributed by atoms with E-state index in [0.29, 0.717) is 24.2 Å². The summed E-state index contributed by atoms with van der Waals surface area (Å²) in [5.74, 6) is 1.51. The molecule has 0 amide bonds. The number of aliphatic hydroxyl groups excluding tert-OH is 2. The van der Waals surface area contributed by atoms with Crippen molar-refractivity contribution in [3.05, 3.63) is 11.6 Å². The zero-order valence-electron chi connectivity index (χ0n) is 13.6. The summed E-state index contributed by atoms with van der Waals surface area (Å²) in [5, 5.41) is 20.4. The normalized spacial score (nSPS) is 54.2. The van der Waals surface area contributed by atoms with E-state index in [1.807, 2.05) is 0 Å². The monoisotopic (exact) mass is 308 g/mol. The van der Waals surface area contributed by atoms with Gasteiger partial charge in [-0.25, -0.2) is 0 Å². The van der Waals surface area contributed by atoms with Crippen LogP contribution in [0.25, 0.3) is 0 Å². The Hall–Kier alpha value is -0.410. The van der Waals surface area contributed by atoms with E-state index in [1.165, 1.54) is 5.57 Å². The van der Waals surface area contributed by atoms with Crippen LogP contribution in [0.4, 0.5) is 4.39 Å². The Balaban J connectivity index is 1.70. The van der Waals surface area contributed by atoms with Gasteiger partial charge in [0.15, 0.2) is 0 Å². The number of rotatable bonds is 1. The minimum Gasteiger partial charge on any atom is -0.393 e. The fourth-order valence-electron chi connectivity index (χ4n) is 6.66. The average molecular weight is 308 g/mol. The number of hydrogen-bond acceptors (Lipinski definition) is 2. The van der Waals surface area contributed by atoms with Crippen LogP contribution in [0.2, 0.25) is 0 Å². The zero-order chi connectivity index (χ0) is 15.5. The van der Waals surface area contributed by atoms with Gasteiger partial charge in [-0.3, -0.25) is 4.39 Å². The van der Waals surface area contributed by atoms with Crippen LogP contribution in [-0.2, 0) is 0 Å². The number of fused-ring (bicyclic) bond motifs is 5. The highest BCUT2D eigenvalue weighted by molar-refractivity contribution is 5.26. The van der Waals surface area contributed by atoms with Gasteiger partial charge in [0.05, 0.1) is 18.9 Å². The maximum atomic E-state index is 14.2. The van der Waals surface area contributed by atoms with Crippen molar-refractivity contribution in [2.45, 2.75) is 70.5 Å². The zero-order valence-corrected chi connectivity index (χ0v) is 13.6. The second-order valence-electron chi connectivity index (χ2n) is 8.67. The molecule has 4 aliphatic carbocycles. The van der Waals surface area contributed by atoms with Crippen LogP contribution in [0.3, 0.4) is 0 Å². The molecule has 7 atom stereocenters. The summed E-state index contributed by atoms with van der Waals surface area (Å²) in [7, 11) is 0. The predicted molar refractivity (Wildman–Crippen MR) is 84.0 cm³/mol. The molecule has 0 bridgehead atoms. The molecule has 3 unspecified atom stereocenters. The van der Waals surface area contributed by atoms with Gasteiger partial charge in [0.25, 0.3) is 0 Å². The first-order chi connectivity index (χ1) is 10.5. The van der Waals surface area contributed by atoms with E-state index >= 15 is 0 Å². The Kier molecular flexibility index (Phi) is 3.47. The lowest BCUT2D eigenvalue weighted by Gasteiger charge is -2.57. The topological polar surface area (TPSA) is 40.5 Å². The highest BCUT2D eigenvalue weighted by atomic mass is 19.1. The van der Waals surface area contributed by atoms with Gasteiger partial charge in [-0.05, 0) is 74.5 Å². The molecule has 0 spiro atoms. The summed E-state index contributed by atoms with van der Waals surface area (Å²) >= 11 is 0. The van der Waals surface area contributed by atoms with E-state index in [9.17, 15) is 14.6 Å². The molecule has 2 nitrogen and oxygen atoms in total. The summed E-state index contributed by atoms with van der Waals surface area (Å²) in [5.41, 5.74) is 0.965. The van der Waals surface area contributed by atoms with E-state index in [0.717, 1.165) is 44.9 Å². The minimum absolute atomic E-state index is 0.0538. The smallest absolute Gasteiger partial charge is 0.0990 e. The van der Waals surface area contributed by atoms with Crippen LogP contribution in [0, 0.1) is 28.6 Å². The highest BCUT2D eigenvalue weighted by Gasteiger charge is 2.59. The van der Waals surface area contributed by atoms with E-state index < -0.39 is 0 Å². The molecular formula is C19H29FO2. The molecule has 3 heteroatoms. The van der Waals surface area contributed by atoms with E-state index in [1.54, 1.807) is 0 Å². The standard InChI is InChI=1S/C19H29FO2/c1-18-8-7-16-14(15(18)4-5-17(18)22)3-2-12-10-13(21)6-9-19(12,16)11-20/h2,13-17,21-22H,3-11H2,1H3/t13-,14?,15?,16?,17-,18-,19+/m0/s1. The van der Waals surface area contributed by atoms with Gasteiger partial charge in [-0.2, -0.15) is 0 Å². The van der Waals surface area contributed by atoms with Crippen LogP contribution < -0.4 is 0 Å². The van der Waals surface area contributed by atoms with E-state index in [2.05, 4.69) is 13.0 Å². The van der Waals surface area contributed by atoms with Crippen LogP contribution in [0.1, 0.15) is 58.3 Å². The molecule has 0 aromatic heterocycles. The van der Waals surface area contributed by atoms with Gasteiger partial charge in [0.1, 0.15) is 0 Å². The number of aliphatic hydroxyl groups is 2. The van der Waals surface area contributed by atoms with Crippen molar-refractivity contribution in [2.24, 2.45) is 28.6 Å². The molecule has 0 radical (unpaired) electrons. The van der Waals surface area contributed by atoms with Crippen molar-refractivity contribution in [2.75, 3.05) is 6.67 Å². The average Bonchev–Trinajstić information content (AvgIpc) is 2.82. The maximum Gasteiger partial charge on any atom is 0.0990 e. The lowest BCUT2D eigenvalue weighted by atomic mass is 9.47. The summed E-state index contributed by atoms with van der Waals surface area (Å²) < 4.78 is 14.2. The Morgan fingerprint density at radius 1 is 1.14 bits per heavy atom. The second kappa shape index (κ2) is 5.04. The van der Waals surface area contributed by atoms with Crippen molar-refractivity contribution < 1.29 is 14.6 Å². The van der Waals surface area contributed by atoms with Crippen molar-refractivity contribution in [3.8, 4) is 0 Å². The van der Waals surface area contributed by atoms with Crippen molar-refractivity contribution in [1.82, 2.24) is 0 Å². The number of alkyl halides is 1. The molecule has 3 saturated carbocycles. The summed E-state index contributed by atoms with van der Waals surface area (Å²) in [6.07, 6.45) is 9.19. The molecule has 22 heavy (non-hydrogen) atoms. The summed E-state index contributed by atoms with van der Waals surface area (Å²) in [4.78, 5) is 0. The van der Waals surface area contributed by atoms with Crippen molar-refractivity contribution >= 4 is 0 Å². The minimum atomic E-state index is -0.295. The van der Waals surface area contributed by atoms with Gasteiger partial charge >= 0.3 is 0 Å². The largest absolute Gasteiger partial charge is 0.393 e. The number of allylic oxidation sites excluding steroid dienone is 1.